The van der Waals surface area contributed by atoms with E-state index in [9.17, 15) is 13.5 Å². The number of ether oxygens (including phenoxy) is 2. The van der Waals surface area contributed by atoms with Crippen molar-refractivity contribution in [3.05, 3.63) is 71.0 Å². The van der Waals surface area contributed by atoms with Crippen LogP contribution < -0.4 is 14.4 Å². The fraction of sp³-hybridized carbons (Fsp3) is 0.414. The van der Waals surface area contributed by atoms with Gasteiger partial charge < -0.3 is 19.5 Å². The van der Waals surface area contributed by atoms with Crippen LogP contribution in [0.25, 0.3) is 0 Å². The molecule has 2 heterocycles. The van der Waals surface area contributed by atoms with Crippen molar-refractivity contribution in [2.75, 3.05) is 32.7 Å². The number of aliphatic imine (C=N–C) groups is 1. The van der Waals surface area contributed by atoms with Crippen molar-refractivity contribution >= 4 is 21.8 Å². The molecule has 1 saturated carbocycles. The summed E-state index contributed by atoms with van der Waals surface area (Å²) in [6.45, 7) is 4.36. The number of hydrogen-bond acceptors (Lipinski definition) is 9. The van der Waals surface area contributed by atoms with Gasteiger partial charge in [-0.05, 0) is 62.9 Å². The number of aryl methyl sites for hydroxylation is 1. The topological polar surface area (TPSA) is 134 Å². The van der Waals surface area contributed by atoms with E-state index in [4.69, 9.17) is 19.0 Å². The second-order valence-electron chi connectivity index (χ2n) is 10.1. The zero-order chi connectivity index (χ0) is 29.0. The zero-order valence-electron chi connectivity index (χ0n) is 23.4. The highest BCUT2D eigenvalue weighted by molar-refractivity contribution is 7.85. The fourth-order valence-corrected chi connectivity index (χ4v) is 5.47. The van der Waals surface area contributed by atoms with Gasteiger partial charge in [-0.1, -0.05) is 17.7 Å². The van der Waals surface area contributed by atoms with Gasteiger partial charge in [0.1, 0.15) is 0 Å². The lowest BCUT2D eigenvalue weighted by Gasteiger charge is -2.37. The molecule has 0 amide bonds. The molecular formula is C29H36N4O6S. The highest BCUT2D eigenvalue weighted by Gasteiger charge is 2.37. The predicted octanol–water partition coefficient (Wildman–Crippen LogP) is 4.04. The first-order valence-corrected chi connectivity index (χ1v) is 14.6. The summed E-state index contributed by atoms with van der Waals surface area (Å²) in [5, 5.41) is 10.3. The number of anilines is 1. The van der Waals surface area contributed by atoms with Crippen LogP contribution in [-0.2, 0) is 10.1 Å². The summed E-state index contributed by atoms with van der Waals surface area (Å²) in [6, 6.07) is 10.2. The summed E-state index contributed by atoms with van der Waals surface area (Å²) in [6.07, 6.45) is 5.71. The Morgan fingerprint density at radius 2 is 1.73 bits per heavy atom. The summed E-state index contributed by atoms with van der Waals surface area (Å²) in [5.74, 6) is 2.24. The van der Waals surface area contributed by atoms with Gasteiger partial charge in [-0.3, -0.25) is 9.55 Å². The van der Waals surface area contributed by atoms with Crippen LogP contribution in [0.15, 0.2) is 58.7 Å². The van der Waals surface area contributed by atoms with Crippen LogP contribution in [-0.4, -0.2) is 73.7 Å². The molecule has 0 spiro atoms. The van der Waals surface area contributed by atoms with Crippen LogP contribution in [0.2, 0.25) is 0 Å². The minimum atomic E-state index is -4.02. The Morgan fingerprint density at radius 3 is 2.30 bits per heavy atom. The molecule has 1 fully saturated rings. The average molecular weight is 569 g/mol. The van der Waals surface area contributed by atoms with Gasteiger partial charge in [-0.2, -0.15) is 8.42 Å². The van der Waals surface area contributed by atoms with Gasteiger partial charge in [0, 0.05) is 43.5 Å². The number of rotatable bonds is 6. The van der Waals surface area contributed by atoms with Gasteiger partial charge in [0.05, 0.1) is 36.5 Å². The van der Waals surface area contributed by atoms with E-state index < -0.39 is 10.1 Å². The second-order valence-corrected chi connectivity index (χ2v) is 11.5. The second kappa shape index (κ2) is 12.3. The molecule has 2 aliphatic rings. The fourth-order valence-electron chi connectivity index (χ4n) is 4.99. The Kier molecular flexibility index (Phi) is 9.07. The van der Waals surface area contributed by atoms with Gasteiger partial charge >= 0.3 is 0 Å². The lowest BCUT2D eigenvalue weighted by molar-refractivity contribution is 0.111. The molecule has 11 heteroatoms. The van der Waals surface area contributed by atoms with Crippen molar-refractivity contribution in [3.8, 4) is 11.5 Å². The Bertz CT molecular complexity index is 1460. The molecule has 1 aliphatic heterocycles. The Hall–Kier alpha value is -3.54. The third-order valence-corrected chi connectivity index (χ3v) is 7.87. The van der Waals surface area contributed by atoms with E-state index in [1.807, 2.05) is 51.3 Å². The van der Waals surface area contributed by atoms with Crippen molar-refractivity contribution < 1.29 is 27.6 Å². The van der Waals surface area contributed by atoms with E-state index in [0.29, 0.717) is 24.7 Å². The number of methoxy groups -OCH3 is 1. The van der Waals surface area contributed by atoms with E-state index in [-0.39, 0.29) is 23.0 Å². The number of benzene rings is 2. The van der Waals surface area contributed by atoms with Crippen LogP contribution in [0.3, 0.4) is 0 Å². The number of aliphatic hydroxyl groups is 1. The van der Waals surface area contributed by atoms with Crippen LogP contribution in [0, 0.1) is 6.92 Å². The van der Waals surface area contributed by atoms with Crippen molar-refractivity contribution in [3.63, 3.8) is 0 Å². The van der Waals surface area contributed by atoms with E-state index in [1.165, 1.54) is 12.1 Å². The van der Waals surface area contributed by atoms with E-state index in [1.54, 1.807) is 19.2 Å². The van der Waals surface area contributed by atoms with Gasteiger partial charge in [0.25, 0.3) is 10.1 Å². The summed E-state index contributed by atoms with van der Waals surface area (Å²) >= 11 is 0. The van der Waals surface area contributed by atoms with E-state index in [2.05, 4.69) is 16.0 Å². The zero-order valence-corrected chi connectivity index (χ0v) is 24.2. The molecule has 2 N–H and O–H groups in total. The molecule has 214 valence electrons. The predicted molar refractivity (Wildman–Crippen MR) is 154 cm³/mol. The first kappa shape index (κ1) is 29.4. The maximum Gasteiger partial charge on any atom is 0.294 e. The van der Waals surface area contributed by atoms with E-state index in [0.717, 1.165) is 46.6 Å². The third-order valence-electron chi connectivity index (χ3n) is 7.00. The Labute approximate surface area is 235 Å². The third kappa shape index (κ3) is 6.60. The van der Waals surface area contributed by atoms with Gasteiger partial charge in [-0.25, -0.2) is 9.97 Å². The molecule has 1 aromatic heterocycles. The minimum Gasteiger partial charge on any atom is -0.493 e. The van der Waals surface area contributed by atoms with Crippen molar-refractivity contribution in [2.24, 2.45) is 4.99 Å². The lowest BCUT2D eigenvalue weighted by atomic mass is 9.74. The molecule has 0 bridgehead atoms. The number of nitrogens with zero attached hydrogens (tertiary/aromatic N) is 4. The molecule has 3 aromatic rings. The van der Waals surface area contributed by atoms with Crippen LogP contribution >= 0.6 is 0 Å². The monoisotopic (exact) mass is 568 g/mol. The van der Waals surface area contributed by atoms with Crippen molar-refractivity contribution in [1.82, 2.24) is 9.97 Å². The summed E-state index contributed by atoms with van der Waals surface area (Å²) in [7, 11) is 1.46. The molecular weight excluding hydrogens is 532 g/mol. The average Bonchev–Trinajstić information content (AvgIpc) is 2.93. The molecule has 0 saturated heterocycles. The largest absolute Gasteiger partial charge is 0.493 e. The quantitative estimate of drug-likeness (QED) is 0.423. The minimum absolute atomic E-state index is 0.0666. The molecule has 0 radical (unpaired) electrons. The van der Waals surface area contributed by atoms with Gasteiger partial charge in [0.15, 0.2) is 11.5 Å². The molecule has 10 nitrogen and oxygen atoms in total. The highest BCUT2D eigenvalue weighted by atomic mass is 32.2. The van der Waals surface area contributed by atoms with Gasteiger partial charge in [0.2, 0.25) is 5.95 Å². The maximum absolute atomic E-state index is 10.5. The molecule has 0 unspecified atom stereocenters. The first-order valence-electron chi connectivity index (χ1n) is 13.2. The molecule has 1 aliphatic carbocycles. The summed E-state index contributed by atoms with van der Waals surface area (Å²) in [4.78, 5) is 15.8. The molecule has 2 aromatic carbocycles. The van der Waals surface area contributed by atoms with Gasteiger partial charge in [-0.15, -0.1) is 0 Å². The smallest absolute Gasteiger partial charge is 0.294 e. The van der Waals surface area contributed by atoms with Crippen LogP contribution in [0.4, 0.5) is 5.95 Å². The normalized spacial score (nSPS) is 19.8. The SMILES string of the molecule is CCOc1cc2c(cc1OC)C(c1cnc(N(C)C)nc1)=N[C@@H]1CC[C@@H](O)C[C@H]21.Cc1ccc(S(=O)(=O)O)cc1. The highest BCUT2D eigenvalue weighted by Crippen LogP contribution is 2.44. The Balaban J connectivity index is 0.000000283. The molecule has 40 heavy (non-hydrogen) atoms. The van der Waals surface area contributed by atoms with Crippen molar-refractivity contribution in [2.45, 2.75) is 56.1 Å². The molecule has 3 atom stereocenters. The van der Waals surface area contributed by atoms with Crippen LogP contribution in [0.5, 0.6) is 11.5 Å². The van der Waals surface area contributed by atoms with E-state index >= 15 is 0 Å². The maximum atomic E-state index is 10.5. The summed E-state index contributed by atoms with van der Waals surface area (Å²) < 4.78 is 41.0. The number of fused-ring (bicyclic) bond motifs is 3. The first-order chi connectivity index (χ1) is 19.0. The van der Waals surface area contributed by atoms with Crippen molar-refractivity contribution in [1.29, 1.82) is 0 Å². The van der Waals surface area contributed by atoms with Crippen LogP contribution in [0.1, 0.15) is 54.4 Å². The number of hydrogen-bond donors (Lipinski definition) is 2. The lowest BCUT2D eigenvalue weighted by Crippen LogP contribution is -2.34. The Morgan fingerprint density at radius 1 is 1.05 bits per heavy atom. The molecule has 5 rings (SSSR count). The standard InChI is InChI=1S/C22H28N4O3.C7H8O3S/c1-5-29-20-9-15-16-8-14(27)6-7-18(16)25-21(17(15)10-19(20)28-4)13-11-23-22(24-12-13)26(2)3;1-6-2-4-7(5-3-6)11(8,9)10/h9-12,14,16,18,27H,5-8H2,1-4H3;2-5H,1H3,(H,8,9,10)/t14-,16-,18-;/m1./s1. The number of aliphatic hydroxyl groups excluding tert-OH is 1. The summed E-state index contributed by atoms with van der Waals surface area (Å²) in [5.41, 5.74) is 4.87. The number of aromatic nitrogens is 2.